The normalized spacial score (nSPS) is 29.6. The minimum absolute atomic E-state index is 0.0142. The number of hydrogen-bond acceptors (Lipinski definition) is 2. The molecule has 1 aliphatic rings. The van der Waals surface area contributed by atoms with Crippen molar-refractivity contribution in [3.8, 4) is 0 Å². The molecule has 3 amide bonds. The Morgan fingerprint density at radius 2 is 1.84 bits per heavy atom. The number of amides is 3. The van der Waals surface area contributed by atoms with Gasteiger partial charge in [-0.1, -0.05) is 20.8 Å². The van der Waals surface area contributed by atoms with Gasteiger partial charge < -0.3 is 16.4 Å². The molecule has 0 heterocycles. The molecule has 0 aromatic carbocycles. The molecule has 4 N–H and O–H groups in total. The first-order valence-corrected chi connectivity index (χ1v) is 6.90. The number of carbonyl (C=O) groups excluding carboxylic acids is 2. The van der Waals surface area contributed by atoms with E-state index in [1.807, 2.05) is 0 Å². The van der Waals surface area contributed by atoms with Crippen LogP contribution in [-0.4, -0.2) is 25.0 Å². The summed E-state index contributed by atoms with van der Waals surface area (Å²) >= 11 is 0. The highest BCUT2D eigenvalue weighted by Gasteiger charge is 2.41. The molecule has 19 heavy (non-hydrogen) atoms. The lowest BCUT2D eigenvalue weighted by Gasteiger charge is -2.46. The Bertz CT molecular complexity index is 355. The second-order valence-electron chi connectivity index (χ2n) is 7.08. The Morgan fingerprint density at radius 1 is 1.21 bits per heavy atom. The number of urea groups is 1. The average molecular weight is 269 g/mol. The fourth-order valence-corrected chi connectivity index (χ4v) is 3.72. The Hall–Kier alpha value is -1.26. The second kappa shape index (κ2) is 5.80. The lowest BCUT2D eigenvalue weighted by Crippen LogP contribution is -2.46. The van der Waals surface area contributed by atoms with Crippen molar-refractivity contribution in [2.24, 2.45) is 22.5 Å². The minimum Gasteiger partial charge on any atom is -0.356 e. The Balaban J connectivity index is 2.66. The van der Waals surface area contributed by atoms with Crippen molar-refractivity contribution in [3.63, 3.8) is 0 Å². The maximum Gasteiger partial charge on any atom is 0.312 e. The molecule has 110 valence electrons. The van der Waals surface area contributed by atoms with Gasteiger partial charge in [0.25, 0.3) is 0 Å². The quantitative estimate of drug-likeness (QED) is 0.724. The zero-order valence-electron chi connectivity index (χ0n) is 12.5. The fraction of sp³-hybridized carbons (Fsp3) is 0.857. The molecule has 0 aromatic rings. The van der Waals surface area contributed by atoms with E-state index in [-0.39, 0.29) is 16.7 Å². The van der Waals surface area contributed by atoms with E-state index in [2.05, 4.69) is 31.4 Å². The van der Waals surface area contributed by atoms with Crippen molar-refractivity contribution in [3.05, 3.63) is 0 Å². The largest absolute Gasteiger partial charge is 0.356 e. The van der Waals surface area contributed by atoms with E-state index in [0.717, 1.165) is 19.3 Å². The van der Waals surface area contributed by atoms with Crippen LogP contribution < -0.4 is 16.4 Å². The van der Waals surface area contributed by atoms with Crippen LogP contribution in [0.25, 0.3) is 0 Å². The first-order valence-electron chi connectivity index (χ1n) is 6.90. The van der Waals surface area contributed by atoms with Crippen LogP contribution in [0, 0.1) is 16.7 Å². The third kappa shape index (κ3) is 5.49. The van der Waals surface area contributed by atoms with E-state index in [1.165, 1.54) is 0 Å². The predicted molar refractivity (Wildman–Crippen MR) is 75.5 cm³/mol. The third-order valence-electron chi connectivity index (χ3n) is 3.86. The van der Waals surface area contributed by atoms with Gasteiger partial charge in [-0.25, -0.2) is 4.79 Å². The monoisotopic (exact) mass is 269 g/mol. The van der Waals surface area contributed by atoms with E-state index in [1.54, 1.807) is 6.92 Å². The molecule has 2 unspecified atom stereocenters. The van der Waals surface area contributed by atoms with E-state index in [9.17, 15) is 9.59 Å². The van der Waals surface area contributed by atoms with Crippen LogP contribution in [0.2, 0.25) is 0 Å². The van der Waals surface area contributed by atoms with Gasteiger partial charge in [-0.2, -0.15) is 0 Å². The highest BCUT2D eigenvalue weighted by atomic mass is 16.2. The van der Waals surface area contributed by atoms with E-state index in [4.69, 9.17) is 5.73 Å². The number of rotatable bonds is 4. The van der Waals surface area contributed by atoms with Crippen molar-refractivity contribution >= 4 is 11.9 Å². The van der Waals surface area contributed by atoms with Crippen molar-refractivity contribution in [2.75, 3.05) is 13.1 Å². The van der Waals surface area contributed by atoms with Crippen LogP contribution >= 0.6 is 0 Å². The third-order valence-corrected chi connectivity index (χ3v) is 3.86. The first kappa shape index (κ1) is 15.8. The molecule has 0 saturated heterocycles. The summed E-state index contributed by atoms with van der Waals surface area (Å²) in [4.78, 5) is 21.9. The average Bonchev–Trinajstić information content (AvgIpc) is 2.21. The number of carbonyl (C=O) groups is 2. The summed E-state index contributed by atoms with van der Waals surface area (Å²) in [5, 5.41) is 5.64. The summed E-state index contributed by atoms with van der Waals surface area (Å²) in [6.45, 7) is 9.53. The van der Waals surface area contributed by atoms with E-state index < -0.39 is 6.03 Å². The molecule has 1 rings (SSSR count). The molecule has 0 aliphatic heterocycles. The van der Waals surface area contributed by atoms with Crippen molar-refractivity contribution in [2.45, 2.75) is 47.0 Å². The van der Waals surface area contributed by atoms with Gasteiger partial charge in [0, 0.05) is 20.0 Å². The van der Waals surface area contributed by atoms with Crippen molar-refractivity contribution < 1.29 is 9.59 Å². The minimum atomic E-state index is -0.469. The molecule has 1 fully saturated rings. The van der Waals surface area contributed by atoms with Gasteiger partial charge in [0.15, 0.2) is 0 Å². The topological polar surface area (TPSA) is 84.2 Å². The fourth-order valence-electron chi connectivity index (χ4n) is 3.72. The van der Waals surface area contributed by atoms with E-state index >= 15 is 0 Å². The standard InChI is InChI=1S/C14H27N3O2/c1-10(18)16-7-11-5-13(2,3)8-14(4,6-11)9-17-12(15)19/h11H,5-9H2,1-4H3,(H,16,18)(H3,15,17,19). The van der Waals surface area contributed by atoms with Gasteiger partial charge in [0.05, 0.1) is 0 Å². The summed E-state index contributed by atoms with van der Waals surface area (Å²) in [5.74, 6) is 0.465. The smallest absolute Gasteiger partial charge is 0.312 e. The molecule has 5 nitrogen and oxygen atoms in total. The van der Waals surface area contributed by atoms with Crippen LogP contribution in [0.3, 0.4) is 0 Å². The summed E-state index contributed by atoms with van der Waals surface area (Å²) in [6, 6.07) is -0.469. The Kier molecular flexibility index (Phi) is 4.82. The van der Waals surface area contributed by atoms with E-state index in [0.29, 0.717) is 19.0 Å². The molecule has 1 saturated carbocycles. The zero-order chi connectivity index (χ0) is 14.7. The molecule has 0 radical (unpaired) electrons. The van der Waals surface area contributed by atoms with Gasteiger partial charge in [0.2, 0.25) is 5.91 Å². The van der Waals surface area contributed by atoms with Gasteiger partial charge in [-0.05, 0) is 36.0 Å². The van der Waals surface area contributed by atoms with Crippen molar-refractivity contribution in [1.82, 2.24) is 10.6 Å². The van der Waals surface area contributed by atoms with Crippen LogP contribution in [-0.2, 0) is 4.79 Å². The van der Waals surface area contributed by atoms with Gasteiger partial charge in [-0.3, -0.25) is 4.79 Å². The highest BCUT2D eigenvalue weighted by molar-refractivity contribution is 5.72. The van der Waals surface area contributed by atoms with Crippen LogP contribution in [0.4, 0.5) is 4.79 Å². The molecule has 0 aromatic heterocycles. The number of nitrogens with one attached hydrogen (secondary N) is 2. The van der Waals surface area contributed by atoms with Crippen LogP contribution in [0.5, 0.6) is 0 Å². The maximum atomic E-state index is 11.0. The molecular weight excluding hydrogens is 242 g/mol. The molecule has 2 atom stereocenters. The lowest BCUT2D eigenvalue weighted by atomic mass is 9.60. The first-order chi connectivity index (χ1) is 8.62. The van der Waals surface area contributed by atoms with Crippen LogP contribution in [0.15, 0.2) is 0 Å². The zero-order valence-corrected chi connectivity index (χ0v) is 12.5. The predicted octanol–water partition coefficient (Wildman–Crippen LogP) is 1.62. The molecule has 0 spiro atoms. The summed E-state index contributed by atoms with van der Waals surface area (Å²) in [7, 11) is 0. The summed E-state index contributed by atoms with van der Waals surface area (Å²) in [5.41, 5.74) is 5.42. The Morgan fingerprint density at radius 3 is 2.37 bits per heavy atom. The molecule has 1 aliphatic carbocycles. The van der Waals surface area contributed by atoms with Crippen LogP contribution in [0.1, 0.15) is 47.0 Å². The SMILES string of the molecule is CC(=O)NCC1CC(C)(C)CC(C)(CNC(N)=O)C1. The number of nitrogens with two attached hydrogens (primary N) is 1. The van der Waals surface area contributed by atoms with Gasteiger partial charge in [0.1, 0.15) is 0 Å². The maximum absolute atomic E-state index is 11.0. The molecular formula is C14H27N3O2. The summed E-state index contributed by atoms with van der Waals surface area (Å²) < 4.78 is 0. The Labute approximate surface area is 115 Å². The number of hydrogen-bond donors (Lipinski definition) is 3. The highest BCUT2D eigenvalue weighted by Crippen LogP contribution is 2.48. The van der Waals surface area contributed by atoms with Gasteiger partial charge in [-0.15, -0.1) is 0 Å². The van der Waals surface area contributed by atoms with Gasteiger partial charge >= 0.3 is 6.03 Å². The van der Waals surface area contributed by atoms with Crippen molar-refractivity contribution in [1.29, 1.82) is 0 Å². The number of primary amides is 1. The molecule has 5 heteroatoms. The second-order valence-corrected chi connectivity index (χ2v) is 7.08. The molecule has 0 bridgehead atoms. The lowest BCUT2D eigenvalue weighted by molar-refractivity contribution is -0.119. The summed E-state index contributed by atoms with van der Waals surface area (Å²) in [6.07, 6.45) is 3.15.